The van der Waals surface area contributed by atoms with Gasteiger partial charge in [-0.3, -0.25) is 9.69 Å². The Balaban J connectivity index is 1.90. The molecule has 4 heteroatoms. The zero-order valence-corrected chi connectivity index (χ0v) is 11.1. The number of carbonyl (C=O) groups excluding carboxylic acids is 1. The Kier molecular flexibility index (Phi) is 4.40. The van der Waals surface area contributed by atoms with Gasteiger partial charge in [-0.25, -0.2) is 0 Å². The van der Waals surface area contributed by atoms with Crippen LogP contribution in [0.1, 0.15) is 33.1 Å². The average molecular weight is 239 g/mol. The van der Waals surface area contributed by atoms with Gasteiger partial charge in [-0.15, -0.1) is 0 Å². The normalized spacial score (nSPS) is 24.3. The van der Waals surface area contributed by atoms with Gasteiger partial charge in [-0.05, 0) is 39.7 Å². The second-order valence-corrected chi connectivity index (χ2v) is 5.12. The van der Waals surface area contributed by atoms with E-state index in [0.29, 0.717) is 24.5 Å². The van der Waals surface area contributed by atoms with Gasteiger partial charge in [0.25, 0.3) is 0 Å². The lowest BCUT2D eigenvalue weighted by atomic mass is 10.2. The SMILES string of the molecule is CCN(CC)C(=O)CN(C1CC1)C1CCNC1. The molecule has 1 saturated carbocycles. The molecule has 0 radical (unpaired) electrons. The third-order valence-corrected chi connectivity index (χ3v) is 3.95. The lowest BCUT2D eigenvalue weighted by Gasteiger charge is -2.30. The predicted octanol–water partition coefficient (Wildman–Crippen LogP) is 0.681. The van der Waals surface area contributed by atoms with Crippen LogP contribution in [0, 0.1) is 0 Å². The molecule has 2 rings (SSSR count). The van der Waals surface area contributed by atoms with E-state index in [1.54, 1.807) is 0 Å². The van der Waals surface area contributed by atoms with Gasteiger partial charge in [0.1, 0.15) is 0 Å². The molecule has 0 bridgehead atoms. The van der Waals surface area contributed by atoms with E-state index in [4.69, 9.17) is 0 Å². The molecule has 0 spiro atoms. The molecule has 98 valence electrons. The second kappa shape index (κ2) is 5.83. The number of amides is 1. The van der Waals surface area contributed by atoms with Crippen LogP contribution >= 0.6 is 0 Å². The summed E-state index contributed by atoms with van der Waals surface area (Å²) in [5.41, 5.74) is 0. The molecule has 0 aromatic heterocycles. The van der Waals surface area contributed by atoms with Gasteiger partial charge in [-0.2, -0.15) is 0 Å². The minimum atomic E-state index is 0.300. The van der Waals surface area contributed by atoms with Crippen LogP contribution in [0.2, 0.25) is 0 Å². The Morgan fingerprint density at radius 2 is 1.88 bits per heavy atom. The largest absolute Gasteiger partial charge is 0.342 e. The zero-order chi connectivity index (χ0) is 12.3. The van der Waals surface area contributed by atoms with E-state index in [1.165, 1.54) is 19.3 Å². The van der Waals surface area contributed by atoms with Gasteiger partial charge in [0, 0.05) is 31.7 Å². The van der Waals surface area contributed by atoms with E-state index in [9.17, 15) is 4.79 Å². The second-order valence-electron chi connectivity index (χ2n) is 5.12. The van der Waals surface area contributed by atoms with E-state index in [2.05, 4.69) is 24.1 Å². The van der Waals surface area contributed by atoms with Crippen molar-refractivity contribution >= 4 is 5.91 Å². The predicted molar refractivity (Wildman–Crippen MR) is 68.9 cm³/mol. The number of likely N-dealkylation sites (N-methyl/N-ethyl adjacent to an activating group) is 1. The minimum absolute atomic E-state index is 0.300. The highest BCUT2D eigenvalue weighted by atomic mass is 16.2. The van der Waals surface area contributed by atoms with E-state index >= 15 is 0 Å². The summed E-state index contributed by atoms with van der Waals surface area (Å²) >= 11 is 0. The fourth-order valence-electron chi connectivity index (χ4n) is 2.72. The van der Waals surface area contributed by atoms with Crippen molar-refractivity contribution in [3.63, 3.8) is 0 Å². The first-order valence-electron chi connectivity index (χ1n) is 7.00. The molecule has 1 aliphatic carbocycles. The fraction of sp³-hybridized carbons (Fsp3) is 0.923. The molecule has 17 heavy (non-hydrogen) atoms. The molecule has 2 aliphatic rings. The van der Waals surface area contributed by atoms with Crippen LogP contribution in [0.3, 0.4) is 0 Å². The summed E-state index contributed by atoms with van der Waals surface area (Å²) in [4.78, 5) is 16.6. The fourth-order valence-corrected chi connectivity index (χ4v) is 2.72. The first-order valence-corrected chi connectivity index (χ1v) is 7.00. The average Bonchev–Trinajstić information content (AvgIpc) is 3.02. The molecule has 2 fully saturated rings. The van der Waals surface area contributed by atoms with E-state index in [1.807, 2.05) is 4.90 Å². The Bertz CT molecular complexity index is 255. The van der Waals surface area contributed by atoms with Crippen LogP contribution in [0.25, 0.3) is 0 Å². The Morgan fingerprint density at radius 3 is 2.35 bits per heavy atom. The smallest absolute Gasteiger partial charge is 0.236 e. The third-order valence-electron chi connectivity index (χ3n) is 3.95. The zero-order valence-electron chi connectivity index (χ0n) is 11.1. The van der Waals surface area contributed by atoms with Crippen molar-refractivity contribution in [1.82, 2.24) is 15.1 Å². The summed E-state index contributed by atoms with van der Waals surface area (Å²) in [6.07, 6.45) is 3.76. The topological polar surface area (TPSA) is 35.6 Å². The number of hydrogen-bond acceptors (Lipinski definition) is 3. The van der Waals surface area contributed by atoms with Crippen LogP contribution < -0.4 is 5.32 Å². The van der Waals surface area contributed by atoms with Crippen LogP contribution in [0.4, 0.5) is 0 Å². The molecule has 1 saturated heterocycles. The van der Waals surface area contributed by atoms with Crippen molar-refractivity contribution in [3.05, 3.63) is 0 Å². The number of hydrogen-bond donors (Lipinski definition) is 1. The van der Waals surface area contributed by atoms with Crippen molar-refractivity contribution in [1.29, 1.82) is 0 Å². The summed E-state index contributed by atoms with van der Waals surface area (Å²) in [6.45, 7) is 8.56. The highest BCUT2D eigenvalue weighted by Gasteiger charge is 2.36. The van der Waals surface area contributed by atoms with Crippen LogP contribution in [-0.4, -0.2) is 60.5 Å². The molecule has 1 N–H and O–H groups in total. The summed E-state index contributed by atoms with van der Waals surface area (Å²) in [6, 6.07) is 1.27. The first-order chi connectivity index (χ1) is 8.26. The number of carbonyl (C=O) groups is 1. The number of nitrogens with zero attached hydrogens (tertiary/aromatic N) is 2. The minimum Gasteiger partial charge on any atom is -0.342 e. The summed E-state index contributed by atoms with van der Waals surface area (Å²) < 4.78 is 0. The van der Waals surface area contributed by atoms with E-state index in [-0.39, 0.29) is 0 Å². The van der Waals surface area contributed by atoms with Gasteiger partial charge < -0.3 is 10.2 Å². The maximum atomic E-state index is 12.2. The van der Waals surface area contributed by atoms with Crippen molar-refractivity contribution < 1.29 is 4.79 Å². The summed E-state index contributed by atoms with van der Waals surface area (Å²) in [5, 5.41) is 3.40. The lowest BCUT2D eigenvalue weighted by Crippen LogP contribution is -2.46. The van der Waals surface area contributed by atoms with Crippen LogP contribution in [0.5, 0.6) is 0 Å². The first kappa shape index (κ1) is 12.8. The highest BCUT2D eigenvalue weighted by Crippen LogP contribution is 2.30. The van der Waals surface area contributed by atoms with Crippen molar-refractivity contribution in [3.8, 4) is 0 Å². The molecule has 4 nitrogen and oxygen atoms in total. The van der Waals surface area contributed by atoms with Crippen LogP contribution in [-0.2, 0) is 4.79 Å². The molecule has 1 atom stereocenters. The molecule has 1 heterocycles. The maximum absolute atomic E-state index is 12.2. The molecule has 0 aromatic carbocycles. The Hall–Kier alpha value is -0.610. The third kappa shape index (κ3) is 3.19. The molecule has 0 aromatic rings. The Morgan fingerprint density at radius 1 is 1.18 bits per heavy atom. The standard InChI is InChI=1S/C13H25N3O/c1-3-15(4-2)13(17)10-16(11-5-6-11)12-7-8-14-9-12/h11-12,14H,3-10H2,1-2H3. The van der Waals surface area contributed by atoms with E-state index in [0.717, 1.165) is 26.2 Å². The lowest BCUT2D eigenvalue weighted by molar-refractivity contribution is -0.132. The Labute approximate surface area is 104 Å². The summed E-state index contributed by atoms with van der Waals surface area (Å²) in [7, 11) is 0. The molecule has 1 unspecified atom stereocenters. The molecular weight excluding hydrogens is 214 g/mol. The molecule has 1 amide bonds. The van der Waals surface area contributed by atoms with Crippen molar-refractivity contribution in [2.45, 2.75) is 45.2 Å². The van der Waals surface area contributed by atoms with Gasteiger partial charge in [-0.1, -0.05) is 0 Å². The highest BCUT2D eigenvalue weighted by molar-refractivity contribution is 5.78. The van der Waals surface area contributed by atoms with Gasteiger partial charge >= 0.3 is 0 Å². The van der Waals surface area contributed by atoms with Gasteiger partial charge in [0.2, 0.25) is 5.91 Å². The quantitative estimate of drug-likeness (QED) is 0.740. The summed E-state index contributed by atoms with van der Waals surface area (Å²) in [5.74, 6) is 0.300. The molecule has 1 aliphatic heterocycles. The van der Waals surface area contributed by atoms with Crippen molar-refractivity contribution in [2.24, 2.45) is 0 Å². The van der Waals surface area contributed by atoms with Crippen molar-refractivity contribution in [2.75, 3.05) is 32.7 Å². The number of nitrogens with one attached hydrogen (secondary N) is 1. The maximum Gasteiger partial charge on any atom is 0.236 e. The number of rotatable bonds is 6. The monoisotopic (exact) mass is 239 g/mol. The van der Waals surface area contributed by atoms with Gasteiger partial charge in [0.05, 0.1) is 6.54 Å². The van der Waals surface area contributed by atoms with Crippen LogP contribution in [0.15, 0.2) is 0 Å². The van der Waals surface area contributed by atoms with Gasteiger partial charge in [0.15, 0.2) is 0 Å². The molecular formula is C13H25N3O. The van der Waals surface area contributed by atoms with E-state index < -0.39 is 0 Å².